The Morgan fingerprint density at radius 2 is 2.00 bits per heavy atom. The van der Waals surface area contributed by atoms with Gasteiger partial charge in [0.25, 0.3) is 0 Å². The summed E-state index contributed by atoms with van der Waals surface area (Å²) in [5.41, 5.74) is 2.03. The first kappa shape index (κ1) is 5.38. The summed E-state index contributed by atoms with van der Waals surface area (Å²) in [6.45, 7) is 4.02. The van der Waals surface area contributed by atoms with Crippen LogP contribution in [-0.4, -0.2) is 13.4 Å². The third-order valence-corrected chi connectivity index (χ3v) is 1.85. The van der Waals surface area contributed by atoms with Gasteiger partial charge in [-0.15, -0.1) is 11.1 Å². The molecule has 0 aromatic heterocycles. The highest BCUT2D eigenvalue weighted by Gasteiger charge is 1.67. The van der Waals surface area contributed by atoms with Crippen LogP contribution in [0.1, 0.15) is 6.92 Å². The maximum absolute atomic E-state index is 5.51. The van der Waals surface area contributed by atoms with Gasteiger partial charge < -0.3 is 0 Å². The molecule has 0 aliphatic heterocycles. The van der Waals surface area contributed by atoms with Gasteiger partial charge in [-0.05, 0) is 13.5 Å². The maximum atomic E-state index is 5.51. The zero-order valence-electron chi connectivity index (χ0n) is 3.46. The molecule has 0 aliphatic carbocycles. The fourth-order valence-corrected chi connectivity index (χ4v) is 0. The topological polar surface area (TPSA) is 0 Å². The van der Waals surface area contributed by atoms with Crippen LogP contribution in [0.15, 0.2) is 0 Å². The Hall–Kier alpha value is 0.377. The third-order valence-electron chi connectivity index (χ3n) is 0.398. The van der Waals surface area contributed by atoms with Crippen LogP contribution in [0.2, 0.25) is 6.55 Å². The minimum absolute atomic E-state index is 0.527. The van der Waals surface area contributed by atoms with Gasteiger partial charge in [-0.25, -0.2) is 0 Å². The van der Waals surface area contributed by atoms with Crippen LogP contribution in [-0.2, 0) is 0 Å². The van der Waals surface area contributed by atoms with E-state index < -0.39 is 7.72 Å². The van der Waals surface area contributed by atoms with E-state index in [1.807, 2.05) is 19.1 Å². The van der Waals surface area contributed by atoms with Gasteiger partial charge in [0.2, 0.25) is 0 Å². The highest BCUT2D eigenvalue weighted by molar-refractivity contribution is 7.07. The van der Waals surface area contributed by atoms with Crippen molar-refractivity contribution in [2.24, 2.45) is 0 Å². The second kappa shape index (κ2) is 2.61. The zero-order chi connectivity index (χ0) is 4.28. The highest BCUT2D eigenvalue weighted by atomic mass is 35.6. The van der Waals surface area contributed by atoms with E-state index in [9.17, 15) is 0 Å². The number of hydrogen-bond donors (Lipinski definition) is 0. The molecular weight excluding hydrogens is 99.6 g/mol. The van der Waals surface area contributed by atoms with Crippen molar-refractivity contribution in [3.05, 3.63) is 0 Å². The molecule has 0 spiro atoms. The van der Waals surface area contributed by atoms with Gasteiger partial charge in [0, 0.05) is 0 Å². The predicted molar refractivity (Wildman–Crippen MR) is 29.2 cm³/mol. The van der Waals surface area contributed by atoms with E-state index in [1.165, 1.54) is 0 Å². The number of hydrogen-bond acceptors (Lipinski definition) is 0. The minimum Gasteiger partial charge on any atom is -0.140 e. The van der Waals surface area contributed by atoms with Gasteiger partial charge in [0.05, 0.1) is 0 Å². The molecule has 0 N–H and O–H groups in total. The lowest BCUT2D eigenvalue weighted by atomic mass is 11.0. The van der Waals surface area contributed by atoms with Crippen LogP contribution in [0.5, 0.6) is 0 Å². The van der Waals surface area contributed by atoms with Crippen molar-refractivity contribution in [3.8, 4) is 0 Å². The second-order valence-electron chi connectivity index (χ2n) is 0.875. The van der Waals surface area contributed by atoms with Crippen LogP contribution < -0.4 is 0 Å². The summed E-state index contributed by atoms with van der Waals surface area (Å²) >= 11 is 5.51. The first-order valence-corrected chi connectivity index (χ1v) is 4.64. The summed E-state index contributed by atoms with van der Waals surface area (Å²) in [7, 11) is -0.527. The average Bonchev–Trinajstić information content (AvgIpc) is 1.38. The summed E-state index contributed by atoms with van der Waals surface area (Å²) in [4.78, 5) is 0. The Morgan fingerprint density at radius 3 is 2.00 bits per heavy atom. The van der Waals surface area contributed by atoms with E-state index in [-0.39, 0.29) is 0 Å². The fourth-order valence-electron chi connectivity index (χ4n) is 0. The largest absolute Gasteiger partial charge is 0.140 e. The molecule has 0 heterocycles. The lowest BCUT2D eigenvalue weighted by Crippen LogP contribution is -1.79. The Bertz CT molecular complexity index is 44.9. The first-order valence-electron chi connectivity index (χ1n) is 1.56. The van der Waals surface area contributed by atoms with Gasteiger partial charge in [0.1, 0.15) is 7.72 Å². The molecule has 0 amide bonds. The summed E-state index contributed by atoms with van der Waals surface area (Å²) in [6, 6.07) is 0. The average molecular weight is 107 g/mol. The van der Waals surface area contributed by atoms with Crippen molar-refractivity contribution in [1.29, 1.82) is 0 Å². The molecule has 0 aliphatic rings. The highest BCUT2D eigenvalue weighted by Crippen LogP contribution is 1.69. The lowest BCUT2D eigenvalue weighted by molar-refractivity contribution is 2.12. The third kappa shape index (κ3) is 4.38. The fraction of sp³-hybridized carbons (Fsp3) is 0.667. The minimum atomic E-state index is -0.527. The van der Waals surface area contributed by atoms with E-state index in [0.717, 1.165) is 0 Å². The van der Waals surface area contributed by atoms with Gasteiger partial charge in [-0.3, -0.25) is 0 Å². The van der Waals surface area contributed by atoms with Crippen LogP contribution in [0.25, 0.3) is 0 Å². The Labute approximate surface area is 38.7 Å². The molecular formula is C3H7ClSi. The smallest absolute Gasteiger partial charge is 0.117 e. The van der Waals surface area contributed by atoms with Gasteiger partial charge in [-0.1, -0.05) is 5.67 Å². The zero-order valence-corrected chi connectivity index (χ0v) is 5.21. The predicted octanol–water partition coefficient (Wildman–Crippen LogP) is 1.25. The quantitative estimate of drug-likeness (QED) is 0.322. The molecule has 0 unspecified atom stereocenters. The van der Waals surface area contributed by atoms with Crippen LogP contribution >= 0.6 is 11.1 Å². The number of halogens is 1. The van der Waals surface area contributed by atoms with E-state index in [0.29, 0.717) is 0 Å². The molecule has 5 heavy (non-hydrogen) atoms. The second-order valence-corrected chi connectivity index (χ2v) is 4.41. The van der Waals surface area contributed by atoms with Crippen molar-refractivity contribution in [3.63, 3.8) is 0 Å². The molecule has 0 atom stereocenters. The standard InChI is InChI=1S/C3H7ClSi/c1-3-5(2)4/h3H,1-2H3. The van der Waals surface area contributed by atoms with Gasteiger partial charge >= 0.3 is 0 Å². The molecule has 0 rings (SSSR count). The van der Waals surface area contributed by atoms with Crippen molar-refractivity contribution in [2.75, 3.05) is 0 Å². The van der Waals surface area contributed by atoms with Crippen molar-refractivity contribution < 1.29 is 0 Å². The molecule has 0 radical (unpaired) electrons. The molecule has 0 saturated carbocycles. The van der Waals surface area contributed by atoms with Crippen LogP contribution in [0, 0.1) is 0 Å². The van der Waals surface area contributed by atoms with Crippen molar-refractivity contribution in [1.82, 2.24) is 0 Å². The SMILES string of the molecule is CC=[Si](C)Cl. The molecule has 0 bridgehead atoms. The molecule has 0 nitrogen and oxygen atoms in total. The molecule has 0 saturated heterocycles. The molecule has 0 fully saturated rings. The van der Waals surface area contributed by atoms with E-state index in [4.69, 9.17) is 11.1 Å². The van der Waals surface area contributed by atoms with Crippen molar-refractivity contribution in [2.45, 2.75) is 13.5 Å². The lowest BCUT2D eigenvalue weighted by Gasteiger charge is -1.67. The molecule has 0 aromatic carbocycles. The van der Waals surface area contributed by atoms with Crippen molar-refractivity contribution >= 4 is 24.5 Å². The monoisotopic (exact) mass is 106 g/mol. The molecule has 0 aromatic rings. The van der Waals surface area contributed by atoms with Crippen LogP contribution in [0.3, 0.4) is 0 Å². The Balaban J connectivity index is 3.14. The van der Waals surface area contributed by atoms with Crippen LogP contribution in [0.4, 0.5) is 0 Å². The number of rotatable bonds is 0. The van der Waals surface area contributed by atoms with Gasteiger partial charge in [-0.2, -0.15) is 0 Å². The first-order chi connectivity index (χ1) is 2.27. The summed E-state index contributed by atoms with van der Waals surface area (Å²) in [6.07, 6.45) is 0. The Morgan fingerprint density at radius 1 is 1.80 bits per heavy atom. The molecule has 2 heteroatoms. The van der Waals surface area contributed by atoms with Gasteiger partial charge in [0.15, 0.2) is 0 Å². The summed E-state index contributed by atoms with van der Waals surface area (Å²) in [5, 5.41) is 0. The summed E-state index contributed by atoms with van der Waals surface area (Å²) in [5.74, 6) is 0. The molecule has 30 valence electrons. The van der Waals surface area contributed by atoms with E-state index >= 15 is 0 Å². The van der Waals surface area contributed by atoms with E-state index in [1.54, 1.807) is 0 Å². The summed E-state index contributed by atoms with van der Waals surface area (Å²) < 4.78 is 0. The maximum Gasteiger partial charge on any atom is 0.117 e. The normalized spacial score (nSPS) is 12.2. The van der Waals surface area contributed by atoms with E-state index in [2.05, 4.69) is 0 Å². The Kier molecular flexibility index (Phi) is 2.80.